The van der Waals surface area contributed by atoms with Crippen LogP contribution in [-0.4, -0.2) is 60.1 Å². The Bertz CT molecular complexity index is 993. The smallest absolute Gasteiger partial charge is 0.409 e. The number of alkyl halides is 3. The highest BCUT2D eigenvalue weighted by molar-refractivity contribution is 6.09. The minimum absolute atomic E-state index is 0.0264. The van der Waals surface area contributed by atoms with Crippen molar-refractivity contribution in [2.45, 2.75) is 25.4 Å². The van der Waals surface area contributed by atoms with E-state index in [0.29, 0.717) is 11.8 Å². The van der Waals surface area contributed by atoms with Crippen LogP contribution in [0.1, 0.15) is 29.6 Å². The molecular formula is C21H22F3N3O4. The minimum Gasteiger partial charge on any atom is -0.409 e. The highest BCUT2D eigenvalue weighted by Gasteiger charge is 2.30. The summed E-state index contributed by atoms with van der Waals surface area (Å²) in [5, 5.41) is 1.32. The Kier molecular flexibility index (Phi) is 6.67. The summed E-state index contributed by atoms with van der Waals surface area (Å²) in [6.07, 6.45) is -6.51. The third kappa shape index (κ3) is 5.65. The first-order chi connectivity index (χ1) is 14.7. The topological polar surface area (TPSA) is 92.9 Å². The number of amides is 3. The molecule has 31 heavy (non-hydrogen) atoms. The van der Waals surface area contributed by atoms with Gasteiger partial charge in [0.05, 0.1) is 12.0 Å². The molecule has 0 spiro atoms. The predicted molar refractivity (Wildman–Crippen MR) is 107 cm³/mol. The number of hydrogen-bond donors (Lipinski definition) is 1. The molecule has 10 heteroatoms. The maximum Gasteiger partial charge on any atom is 0.415 e. The van der Waals surface area contributed by atoms with Gasteiger partial charge >= 0.3 is 12.3 Å². The SMILES string of the molecule is NC(=O)c1c(OC(=O)N2CCCN(C(=O)CCC(F)(F)F)CC2)ccc2ccccc12. The molecule has 2 aromatic rings. The van der Waals surface area contributed by atoms with E-state index in [2.05, 4.69) is 0 Å². The molecule has 1 aliphatic heterocycles. The van der Waals surface area contributed by atoms with Crippen molar-refractivity contribution in [3.05, 3.63) is 42.0 Å². The summed E-state index contributed by atoms with van der Waals surface area (Å²) < 4.78 is 42.5. The Balaban J connectivity index is 1.67. The summed E-state index contributed by atoms with van der Waals surface area (Å²) in [5.74, 6) is -1.31. The lowest BCUT2D eigenvalue weighted by Gasteiger charge is -2.22. The molecule has 7 nitrogen and oxygen atoms in total. The van der Waals surface area contributed by atoms with E-state index in [1.807, 2.05) is 0 Å². The van der Waals surface area contributed by atoms with Gasteiger partial charge in [0.2, 0.25) is 5.91 Å². The van der Waals surface area contributed by atoms with Crippen LogP contribution in [0, 0.1) is 0 Å². The number of nitrogens with zero attached hydrogens (tertiary/aromatic N) is 2. The van der Waals surface area contributed by atoms with Crippen molar-refractivity contribution in [3.63, 3.8) is 0 Å². The van der Waals surface area contributed by atoms with Crippen LogP contribution in [0.25, 0.3) is 10.8 Å². The van der Waals surface area contributed by atoms with E-state index < -0.39 is 36.9 Å². The standard InChI is InChI=1S/C21H22F3N3O4/c22-21(23,24)9-8-17(28)26-10-3-11-27(13-12-26)20(30)31-16-7-6-14-4-1-2-5-15(14)18(16)19(25)29/h1-2,4-7H,3,8-13H2,(H2,25,29). The monoisotopic (exact) mass is 437 g/mol. The van der Waals surface area contributed by atoms with Crippen LogP contribution in [0.4, 0.5) is 18.0 Å². The second-order valence-corrected chi connectivity index (χ2v) is 7.23. The van der Waals surface area contributed by atoms with E-state index in [1.165, 1.54) is 15.9 Å². The van der Waals surface area contributed by atoms with Crippen LogP contribution in [0.5, 0.6) is 5.75 Å². The molecule has 1 fully saturated rings. The first-order valence-electron chi connectivity index (χ1n) is 9.78. The van der Waals surface area contributed by atoms with Gasteiger partial charge in [-0.25, -0.2) is 4.79 Å². The normalized spacial score (nSPS) is 14.9. The summed E-state index contributed by atoms with van der Waals surface area (Å²) in [4.78, 5) is 39.4. The van der Waals surface area contributed by atoms with Gasteiger partial charge in [-0.15, -0.1) is 0 Å². The number of ether oxygens (including phenoxy) is 1. The maximum atomic E-state index is 12.7. The molecule has 0 bridgehead atoms. The van der Waals surface area contributed by atoms with Crippen LogP contribution in [0.15, 0.2) is 36.4 Å². The zero-order valence-electron chi connectivity index (χ0n) is 16.7. The molecule has 3 rings (SSSR count). The van der Waals surface area contributed by atoms with Crippen LogP contribution in [0.2, 0.25) is 0 Å². The summed E-state index contributed by atoms with van der Waals surface area (Å²) in [6, 6.07) is 10.2. The Morgan fingerprint density at radius 1 is 0.968 bits per heavy atom. The second-order valence-electron chi connectivity index (χ2n) is 7.23. The van der Waals surface area contributed by atoms with Gasteiger partial charge in [-0.1, -0.05) is 30.3 Å². The lowest BCUT2D eigenvalue weighted by molar-refractivity contribution is -0.149. The van der Waals surface area contributed by atoms with Gasteiger partial charge in [-0.05, 0) is 23.3 Å². The summed E-state index contributed by atoms with van der Waals surface area (Å²) in [5.41, 5.74) is 5.59. The van der Waals surface area contributed by atoms with Crippen LogP contribution >= 0.6 is 0 Å². The fourth-order valence-corrected chi connectivity index (χ4v) is 3.51. The van der Waals surface area contributed by atoms with Gasteiger partial charge < -0.3 is 20.3 Å². The van der Waals surface area contributed by atoms with E-state index in [1.54, 1.807) is 30.3 Å². The number of carbonyl (C=O) groups excluding carboxylic acids is 3. The number of carbonyl (C=O) groups is 3. The van der Waals surface area contributed by atoms with E-state index in [9.17, 15) is 27.6 Å². The fourth-order valence-electron chi connectivity index (χ4n) is 3.51. The number of benzene rings is 2. The van der Waals surface area contributed by atoms with Gasteiger partial charge in [-0.2, -0.15) is 13.2 Å². The molecule has 0 unspecified atom stereocenters. The number of rotatable bonds is 4. The molecule has 2 N–H and O–H groups in total. The number of nitrogens with two attached hydrogens (primary N) is 1. The molecule has 2 aromatic carbocycles. The largest absolute Gasteiger partial charge is 0.415 e. The summed E-state index contributed by atoms with van der Waals surface area (Å²) in [7, 11) is 0. The van der Waals surface area contributed by atoms with E-state index >= 15 is 0 Å². The Hall–Kier alpha value is -3.30. The molecule has 0 atom stereocenters. The lowest BCUT2D eigenvalue weighted by atomic mass is 10.0. The zero-order valence-corrected chi connectivity index (χ0v) is 16.7. The van der Waals surface area contributed by atoms with Gasteiger partial charge in [0, 0.05) is 32.6 Å². The molecule has 1 aliphatic rings. The minimum atomic E-state index is -4.39. The van der Waals surface area contributed by atoms with Crippen LogP contribution in [-0.2, 0) is 4.79 Å². The van der Waals surface area contributed by atoms with Gasteiger partial charge in [0.15, 0.2) is 0 Å². The summed E-state index contributed by atoms with van der Waals surface area (Å²) in [6.45, 7) is 0.729. The van der Waals surface area contributed by atoms with E-state index in [-0.39, 0.29) is 37.5 Å². The predicted octanol–water partition coefficient (Wildman–Crippen LogP) is 3.31. The fraction of sp³-hybridized carbons (Fsp3) is 0.381. The Labute approximate surface area is 176 Å². The zero-order chi connectivity index (χ0) is 22.6. The van der Waals surface area contributed by atoms with Crippen molar-refractivity contribution in [1.82, 2.24) is 9.80 Å². The van der Waals surface area contributed by atoms with E-state index in [0.717, 1.165) is 5.39 Å². The average Bonchev–Trinajstić information content (AvgIpc) is 2.97. The molecule has 1 heterocycles. The highest BCUT2D eigenvalue weighted by Crippen LogP contribution is 2.28. The van der Waals surface area contributed by atoms with Gasteiger partial charge in [0.1, 0.15) is 5.75 Å². The number of fused-ring (bicyclic) bond motifs is 1. The molecular weight excluding hydrogens is 415 g/mol. The number of halogens is 3. The Morgan fingerprint density at radius 3 is 2.35 bits per heavy atom. The summed E-state index contributed by atoms with van der Waals surface area (Å²) >= 11 is 0. The molecule has 0 aromatic heterocycles. The quantitative estimate of drug-likeness (QED) is 0.794. The third-order valence-corrected chi connectivity index (χ3v) is 5.06. The van der Waals surface area contributed by atoms with Crippen molar-refractivity contribution >= 4 is 28.7 Å². The van der Waals surface area contributed by atoms with Crippen molar-refractivity contribution in [1.29, 1.82) is 0 Å². The molecule has 3 amide bonds. The molecule has 1 saturated heterocycles. The maximum absolute atomic E-state index is 12.7. The highest BCUT2D eigenvalue weighted by atomic mass is 19.4. The van der Waals surface area contributed by atoms with Gasteiger partial charge in [0.25, 0.3) is 5.91 Å². The first kappa shape index (κ1) is 22.4. The Morgan fingerprint density at radius 2 is 1.65 bits per heavy atom. The molecule has 0 aliphatic carbocycles. The van der Waals surface area contributed by atoms with Crippen molar-refractivity contribution in [2.75, 3.05) is 26.2 Å². The molecule has 0 saturated carbocycles. The molecule has 166 valence electrons. The van der Waals surface area contributed by atoms with Crippen LogP contribution in [0.3, 0.4) is 0 Å². The third-order valence-electron chi connectivity index (χ3n) is 5.06. The van der Waals surface area contributed by atoms with Gasteiger partial charge in [-0.3, -0.25) is 9.59 Å². The van der Waals surface area contributed by atoms with Crippen molar-refractivity contribution in [3.8, 4) is 5.75 Å². The first-order valence-corrected chi connectivity index (χ1v) is 9.78. The van der Waals surface area contributed by atoms with Crippen LogP contribution < -0.4 is 10.5 Å². The number of primary amides is 1. The lowest BCUT2D eigenvalue weighted by Crippen LogP contribution is -2.39. The second kappa shape index (κ2) is 9.23. The van der Waals surface area contributed by atoms with Crippen molar-refractivity contribution in [2.24, 2.45) is 5.73 Å². The number of hydrogen-bond acceptors (Lipinski definition) is 4. The van der Waals surface area contributed by atoms with E-state index in [4.69, 9.17) is 10.5 Å². The van der Waals surface area contributed by atoms with Crippen molar-refractivity contribution < 1.29 is 32.3 Å². The molecule has 0 radical (unpaired) electrons. The average molecular weight is 437 g/mol.